The topological polar surface area (TPSA) is 76.1 Å². The highest BCUT2D eigenvalue weighted by atomic mass is 16.5. The Morgan fingerprint density at radius 1 is 1.23 bits per heavy atom. The van der Waals surface area contributed by atoms with E-state index in [1.54, 1.807) is 25.6 Å². The molecule has 2 heterocycles. The molecule has 1 amide bonds. The predicted molar refractivity (Wildman–Crippen MR) is 84.6 cm³/mol. The van der Waals surface area contributed by atoms with Crippen LogP contribution in [0, 0.1) is 0 Å². The van der Waals surface area contributed by atoms with Gasteiger partial charge in [-0.2, -0.15) is 0 Å². The molecule has 116 valence electrons. The maximum absolute atomic E-state index is 11.9. The van der Waals surface area contributed by atoms with E-state index in [4.69, 9.17) is 4.74 Å². The second-order valence-electron chi connectivity index (χ2n) is 4.71. The molecule has 2 aromatic heterocycles. The van der Waals surface area contributed by atoms with Gasteiger partial charge in [-0.25, -0.2) is 4.98 Å². The van der Waals surface area contributed by atoms with Crippen LogP contribution in [-0.4, -0.2) is 36.1 Å². The van der Waals surface area contributed by atoms with Gasteiger partial charge >= 0.3 is 0 Å². The number of rotatable bonds is 8. The highest BCUT2D eigenvalue weighted by molar-refractivity contribution is 5.92. The largest absolute Gasteiger partial charge is 0.385 e. The third-order valence-electron chi connectivity index (χ3n) is 3.01. The van der Waals surface area contributed by atoms with Crippen molar-refractivity contribution in [1.82, 2.24) is 15.3 Å². The van der Waals surface area contributed by atoms with Gasteiger partial charge in [0, 0.05) is 26.5 Å². The Balaban J connectivity index is 1.81. The monoisotopic (exact) mass is 300 g/mol. The van der Waals surface area contributed by atoms with Gasteiger partial charge in [0.1, 0.15) is 5.69 Å². The molecule has 0 radical (unpaired) electrons. The van der Waals surface area contributed by atoms with Gasteiger partial charge in [-0.15, -0.1) is 0 Å². The second kappa shape index (κ2) is 8.74. The molecule has 2 aromatic rings. The lowest BCUT2D eigenvalue weighted by Gasteiger charge is -2.07. The van der Waals surface area contributed by atoms with E-state index in [-0.39, 0.29) is 5.91 Å². The van der Waals surface area contributed by atoms with E-state index >= 15 is 0 Å². The molecular formula is C16H20N4O2. The first-order valence-corrected chi connectivity index (χ1v) is 7.16. The van der Waals surface area contributed by atoms with E-state index in [2.05, 4.69) is 20.6 Å². The molecule has 0 saturated carbocycles. The molecule has 0 atom stereocenters. The summed E-state index contributed by atoms with van der Waals surface area (Å²) in [5.74, 6) is -0.174. The van der Waals surface area contributed by atoms with Crippen LogP contribution in [0.3, 0.4) is 0 Å². The number of hydrogen-bond acceptors (Lipinski definition) is 5. The average molecular weight is 300 g/mol. The Morgan fingerprint density at radius 2 is 2.14 bits per heavy atom. The van der Waals surface area contributed by atoms with E-state index in [0.29, 0.717) is 25.4 Å². The predicted octanol–water partition coefficient (Wildman–Crippen LogP) is 1.85. The highest BCUT2D eigenvalue weighted by Crippen LogP contribution is 2.08. The number of hydrogen-bond donors (Lipinski definition) is 2. The van der Waals surface area contributed by atoms with Crippen molar-refractivity contribution in [3.63, 3.8) is 0 Å². The summed E-state index contributed by atoms with van der Waals surface area (Å²) in [6.45, 7) is 1.82. The zero-order chi connectivity index (χ0) is 15.6. The summed E-state index contributed by atoms with van der Waals surface area (Å²) in [7, 11) is 1.64. The van der Waals surface area contributed by atoms with Gasteiger partial charge in [-0.3, -0.25) is 9.78 Å². The Bertz CT molecular complexity index is 572. The minimum atomic E-state index is -0.174. The summed E-state index contributed by atoms with van der Waals surface area (Å²) in [5.41, 5.74) is 2.20. The van der Waals surface area contributed by atoms with Crippen LogP contribution in [0.4, 0.5) is 5.69 Å². The summed E-state index contributed by atoms with van der Waals surface area (Å²) in [6.07, 6.45) is 4.19. The molecule has 0 aliphatic rings. The van der Waals surface area contributed by atoms with Crippen LogP contribution in [0.15, 0.2) is 42.7 Å². The number of anilines is 1. The molecule has 0 aliphatic carbocycles. The van der Waals surface area contributed by atoms with Crippen LogP contribution in [-0.2, 0) is 11.3 Å². The van der Waals surface area contributed by atoms with Crippen molar-refractivity contribution in [3.05, 3.63) is 54.1 Å². The van der Waals surface area contributed by atoms with Crippen molar-refractivity contribution >= 4 is 11.6 Å². The quantitative estimate of drug-likeness (QED) is 0.728. The van der Waals surface area contributed by atoms with Gasteiger partial charge in [0.25, 0.3) is 5.91 Å². The first-order valence-electron chi connectivity index (χ1n) is 7.16. The summed E-state index contributed by atoms with van der Waals surface area (Å²) < 4.78 is 4.93. The van der Waals surface area contributed by atoms with Gasteiger partial charge in [0.15, 0.2) is 0 Å². The molecule has 0 bridgehead atoms. The summed E-state index contributed by atoms with van der Waals surface area (Å²) in [6, 6.07) is 9.30. The smallest absolute Gasteiger partial charge is 0.269 e. The Labute approximate surface area is 129 Å². The van der Waals surface area contributed by atoms with E-state index in [0.717, 1.165) is 17.8 Å². The second-order valence-corrected chi connectivity index (χ2v) is 4.71. The number of ether oxygens (including phenoxy) is 1. The van der Waals surface area contributed by atoms with Gasteiger partial charge < -0.3 is 15.4 Å². The Morgan fingerprint density at radius 3 is 2.82 bits per heavy atom. The molecular weight excluding hydrogens is 280 g/mol. The molecule has 0 unspecified atom stereocenters. The lowest BCUT2D eigenvalue weighted by Crippen LogP contribution is -2.26. The molecule has 0 saturated heterocycles. The number of nitrogens with zero attached hydrogens (tertiary/aromatic N) is 2. The van der Waals surface area contributed by atoms with E-state index in [1.165, 1.54) is 0 Å². The molecule has 0 aromatic carbocycles. The Kier molecular flexibility index (Phi) is 6.32. The van der Waals surface area contributed by atoms with Gasteiger partial charge in [-0.1, -0.05) is 6.07 Å². The first-order chi connectivity index (χ1) is 10.8. The third kappa shape index (κ3) is 5.14. The molecule has 0 aliphatic heterocycles. The standard InChI is InChI=1S/C16H20N4O2/c1-22-10-4-9-18-16(21)15-7-6-14(12-20-15)19-11-13-5-2-3-8-17-13/h2-3,5-8,12,19H,4,9-11H2,1H3,(H,18,21). The fraction of sp³-hybridized carbons (Fsp3) is 0.312. The lowest BCUT2D eigenvalue weighted by molar-refractivity contribution is 0.0943. The number of amides is 1. The van der Waals surface area contributed by atoms with Crippen molar-refractivity contribution in [3.8, 4) is 0 Å². The zero-order valence-electron chi connectivity index (χ0n) is 12.6. The van der Waals surface area contributed by atoms with Gasteiger partial charge in [0.05, 0.1) is 24.1 Å². The number of pyridine rings is 2. The van der Waals surface area contributed by atoms with Crippen LogP contribution < -0.4 is 10.6 Å². The summed E-state index contributed by atoms with van der Waals surface area (Å²) in [4.78, 5) is 20.2. The van der Waals surface area contributed by atoms with E-state index in [1.807, 2.05) is 24.3 Å². The molecule has 2 N–H and O–H groups in total. The average Bonchev–Trinajstić information content (AvgIpc) is 2.58. The Hall–Kier alpha value is -2.47. The minimum absolute atomic E-state index is 0.174. The SMILES string of the molecule is COCCCNC(=O)c1ccc(NCc2ccccn2)cn1. The molecule has 0 fully saturated rings. The van der Waals surface area contributed by atoms with Crippen LogP contribution >= 0.6 is 0 Å². The van der Waals surface area contributed by atoms with E-state index in [9.17, 15) is 4.79 Å². The molecule has 22 heavy (non-hydrogen) atoms. The van der Waals surface area contributed by atoms with Gasteiger partial charge in [-0.05, 0) is 30.7 Å². The molecule has 0 spiro atoms. The number of carbonyl (C=O) groups is 1. The van der Waals surface area contributed by atoms with Crippen molar-refractivity contribution in [1.29, 1.82) is 0 Å². The maximum atomic E-state index is 11.9. The van der Waals surface area contributed by atoms with Crippen molar-refractivity contribution in [2.24, 2.45) is 0 Å². The third-order valence-corrected chi connectivity index (χ3v) is 3.01. The van der Waals surface area contributed by atoms with Crippen LogP contribution in [0.1, 0.15) is 22.6 Å². The highest BCUT2D eigenvalue weighted by Gasteiger charge is 2.06. The van der Waals surface area contributed by atoms with Gasteiger partial charge in [0.2, 0.25) is 0 Å². The van der Waals surface area contributed by atoms with Crippen molar-refractivity contribution in [2.45, 2.75) is 13.0 Å². The molecule has 6 heteroatoms. The first kappa shape index (κ1) is 15.9. The van der Waals surface area contributed by atoms with E-state index < -0.39 is 0 Å². The normalized spacial score (nSPS) is 10.2. The van der Waals surface area contributed by atoms with Crippen LogP contribution in [0.2, 0.25) is 0 Å². The van der Waals surface area contributed by atoms with Crippen LogP contribution in [0.25, 0.3) is 0 Å². The number of carbonyl (C=O) groups excluding carboxylic acids is 1. The van der Waals surface area contributed by atoms with Crippen LogP contribution in [0.5, 0.6) is 0 Å². The molecule has 6 nitrogen and oxygen atoms in total. The van der Waals surface area contributed by atoms with Crippen molar-refractivity contribution in [2.75, 3.05) is 25.6 Å². The lowest BCUT2D eigenvalue weighted by atomic mass is 10.3. The van der Waals surface area contributed by atoms with Crippen molar-refractivity contribution < 1.29 is 9.53 Å². The number of methoxy groups -OCH3 is 1. The summed E-state index contributed by atoms with van der Waals surface area (Å²) in [5, 5.41) is 6.01. The maximum Gasteiger partial charge on any atom is 0.269 e. The molecule has 2 rings (SSSR count). The fourth-order valence-corrected chi connectivity index (χ4v) is 1.84. The minimum Gasteiger partial charge on any atom is -0.385 e. The zero-order valence-corrected chi connectivity index (χ0v) is 12.6. The number of nitrogens with one attached hydrogen (secondary N) is 2. The fourth-order valence-electron chi connectivity index (χ4n) is 1.84. The number of aromatic nitrogens is 2. The summed E-state index contributed by atoms with van der Waals surface area (Å²) >= 11 is 0.